The molecule has 0 aliphatic carbocycles. The smallest absolute Gasteiger partial charge is 0.275 e. The Bertz CT molecular complexity index is 1230. The maximum Gasteiger partial charge on any atom is 0.275 e. The normalized spacial score (nSPS) is 10.9. The van der Waals surface area contributed by atoms with Gasteiger partial charge in [0.15, 0.2) is 0 Å². The summed E-state index contributed by atoms with van der Waals surface area (Å²) in [6.45, 7) is 0.155. The SMILES string of the molecule is COc1ccc2ccccc2c1CNC(=O)Cn1ncc2ccccc2c1=O. The van der Waals surface area contributed by atoms with Crippen molar-refractivity contribution in [2.24, 2.45) is 0 Å². The maximum atomic E-state index is 12.5. The van der Waals surface area contributed by atoms with Crippen LogP contribution in [0.2, 0.25) is 0 Å². The summed E-state index contributed by atoms with van der Waals surface area (Å²) in [6, 6.07) is 19.0. The molecule has 0 aliphatic rings. The van der Waals surface area contributed by atoms with Crippen LogP contribution >= 0.6 is 0 Å². The van der Waals surface area contributed by atoms with Crippen molar-refractivity contribution in [1.82, 2.24) is 15.1 Å². The van der Waals surface area contributed by atoms with Crippen molar-refractivity contribution >= 4 is 27.5 Å². The monoisotopic (exact) mass is 373 g/mol. The first-order valence-electron chi connectivity index (χ1n) is 8.93. The van der Waals surface area contributed by atoms with E-state index in [0.29, 0.717) is 17.7 Å². The molecule has 0 spiro atoms. The molecular weight excluding hydrogens is 354 g/mol. The molecule has 1 amide bonds. The fourth-order valence-corrected chi connectivity index (χ4v) is 3.31. The van der Waals surface area contributed by atoms with Crippen LogP contribution in [0.3, 0.4) is 0 Å². The fourth-order valence-electron chi connectivity index (χ4n) is 3.31. The Morgan fingerprint density at radius 3 is 2.50 bits per heavy atom. The van der Waals surface area contributed by atoms with Crippen LogP contribution in [0, 0.1) is 0 Å². The Balaban J connectivity index is 1.55. The second-order valence-electron chi connectivity index (χ2n) is 6.44. The number of methoxy groups -OCH3 is 1. The number of fused-ring (bicyclic) bond motifs is 2. The van der Waals surface area contributed by atoms with E-state index in [2.05, 4.69) is 10.4 Å². The number of amides is 1. The van der Waals surface area contributed by atoms with E-state index in [-0.39, 0.29) is 18.0 Å². The highest BCUT2D eigenvalue weighted by molar-refractivity contribution is 5.88. The van der Waals surface area contributed by atoms with Crippen molar-refractivity contribution in [3.8, 4) is 5.75 Å². The quantitative estimate of drug-likeness (QED) is 0.584. The highest BCUT2D eigenvalue weighted by Crippen LogP contribution is 2.27. The minimum absolute atomic E-state index is 0.142. The summed E-state index contributed by atoms with van der Waals surface area (Å²) < 4.78 is 6.63. The second-order valence-corrected chi connectivity index (χ2v) is 6.44. The number of carbonyl (C=O) groups excluding carboxylic acids is 1. The van der Waals surface area contributed by atoms with Gasteiger partial charge in [0.05, 0.1) is 18.7 Å². The van der Waals surface area contributed by atoms with Crippen molar-refractivity contribution in [2.75, 3.05) is 7.11 Å². The first-order valence-corrected chi connectivity index (χ1v) is 8.93. The van der Waals surface area contributed by atoms with Gasteiger partial charge in [-0.3, -0.25) is 9.59 Å². The van der Waals surface area contributed by atoms with Crippen LogP contribution in [0.1, 0.15) is 5.56 Å². The number of ether oxygens (including phenoxy) is 1. The summed E-state index contributed by atoms with van der Waals surface area (Å²) in [4.78, 5) is 25.0. The number of hydrogen-bond acceptors (Lipinski definition) is 4. The van der Waals surface area contributed by atoms with Crippen molar-refractivity contribution in [2.45, 2.75) is 13.1 Å². The highest BCUT2D eigenvalue weighted by Gasteiger charge is 2.12. The van der Waals surface area contributed by atoms with Crippen LogP contribution in [0.25, 0.3) is 21.5 Å². The number of benzene rings is 3. The minimum atomic E-state index is -0.292. The zero-order chi connectivity index (χ0) is 19.5. The van der Waals surface area contributed by atoms with Crippen LogP contribution in [-0.2, 0) is 17.9 Å². The molecule has 0 saturated heterocycles. The van der Waals surface area contributed by atoms with Gasteiger partial charge in [0.1, 0.15) is 12.3 Å². The van der Waals surface area contributed by atoms with Gasteiger partial charge in [-0.2, -0.15) is 5.10 Å². The van der Waals surface area contributed by atoms with Crippen molar-refractivity contribution in [3.05, 3.63) is 82.8 Å². The predicted octanol–water partition coefficient (Wildman–Crippen LogP) is 2.87. The van der Waals surface area contributed by atoms with Gasteiger partial charge in [-0.05, 0) is 22.9 Å². The van der Waals surface area contributed by atoms with Gasteiger partial charge < -0.3 is 10.1 Å². The van der Waals surface area contributed by atoms with E-state index in [1.165, 1.54) is 4.68 Å². The van der Waals surface area contributed by atoms with E-state index in [9.17, 15) is 9.59 Å². The van der Waals surface area contributed by atoms with Gasteiger partial charge in [0.25, 0.3) is 5.56 Å². The van der Waals surface area contributed by atoms with Gasteiger partial charge in [-0.1, -0.05) is 48.5 Å². The molecule has 0 unspecified atom stereocenters. The zero-order valence-electron chi connectivity index (χ0n) is 15.4. The zero-order valence-corrected chi connectivity index (χ0v) is 15.4. The number of rotatable bonds is 5. The van der Waals surface area contributed by atoms with Gasteiger partial charge in [-0.25, -0.2) is 4.68 Å². The average molecular weight is 373 g/mol. The van der Waals surface area contributed by atoms with Gasteiger partial charge in [-0.15, -0.1) is 0 Å². The molecule has 6 nitrogen and oxygen atoms in total. The summed E-state index contributed by atoms with van der Waals surface area (Å²) in [5, 5.41) is 10.4. The van der Waals surface area contributed by atoms with Crippen LogP contribution in [0.5, 0.6) is 5.75 Å². The largest absolute Gasteiger partial charge is 0.496 e. The predicted molar refractivity (Wildman–Crippen MR) is 108 cm³/mol. The Hall–Kier alpha value is -3.67. The molecule has 3 aromatic carbocycles. The summed E-state index contributed by atoms with van der Waals surface area (Å²) in [5.41, 5.74) is 0.615. The molecule has 0 aliphatic heterocycles. The molecule has 1 N–H and O–H groups in total. The van der Waals surface area contributed by atoms with Gasteiger partial charge in [0, 0.05) is 17.5 Å². The standard InChI is InChI=1S/C22H19N3O3/c1-28-20-11-10-15-6-2-4-8-17(15)19(20)13-23-21(26)14-25-22(27)18-9-5-3-7-16(18)12-24-25/h2-12H,13-14H2,1H3,(H,23,26). The van der Waals surface area contributed by atoms with Crippen molar-refractivity contribution < 1.29 is 9.53 Å². The average Bonchev–Trinajstić information content (AvgIpc) is 2.74. The highest BCUT2D eigenvalue weighted by atomic mass is 16.5. The molecule has 0 bridgehead atoms. The first-order chi connectivity index (χ1) is 13.7. The van der Waals surface area contributed by atoms with E-state index in [0.717, 1.165) is 21.7 Å². The number of hydrogen-bond donors (Lipinski definition) is 1. The third-order valence-electron chi connectivity index (χ3n) is 4.74. The molecule has 0 atom stereocenters. The molecule has 6 heteroatoms. The van der Waals surface area contributed by atoms with Gasteiger partial charge in [0.2, 0.25) is 5.91 Å². The molecule has 4 rings (SSSR count). The summed E-state index contributed by atoms with van der Waals surface area (Å²) in [5.74, 6) is 0.417. The van der Waals surface area contributed by atoms with Crippen molar-refractivity contribution in [1.29, 1.82) is 0 Å². The lowest BCUT2D eigenvalue weighted by Gasteiger charge is -2.13. The maximum absolute atomic E-state index is 12.5. The Morgan fingerprint density at radius 2 is 1.71 bits per heavy atom. The van der Waals surface area contributed by atoms with E-state index in [1.807, 2.05) is 48.5 Å². The van der Waals surface area contributed by atoms with Crippen LogP contribution in [0.15, 0.2) is 71.7 Å². The first kappa shape index (κ1) is 17.7. The lowest BCUT2D eigenvalue weighted by Crippen LogP contribution is -2.33. The Morgan fingerprint density at radius 1 is 1.00 bits per heavy atom. The lowest BCUT2D eigenvalue weighted by molar-refractivity contribution is -0.122. The summed E-state index contributed by atoms with van der Waals surface area (Å²) >= 11 is 0. The molecule has 0 radical (unpaired) electrons. The molecule has 4 aromatic rings. The van der Waals surface area contributed by atoms with Crippen LogP contribution in [-0.4, -0.2) is 22.8 Å². The Kier molecular flexibility index (Phi) is 4.76. The van der Waals surface area contributed by atoms with E-state index in [1.54, 1.807) is 25.4 Å². The molecule has 0 fully saturated rings. The fraction of sp³-hybridized carbons (Fsp3) is 0.136. The molecule has 1 aromatic heterocycles. The topological polar surface area (TPSA) is 73.2 Å². The number of aromatic nitrogens is 2. The molecule has 1 heterocycles. The minimum Gasteiger partial charge on any atom is -0.496 e. The lowest BCUT2D eigenvalue weighted by atomic mass is 10.0. The number of nitrogens with one attached hydrogen (secondary N) is 1. The van der Waals surface area contributed by atoms with E-state index in [4.69, 9.17) is 4.74 Å². The van der Waals surface area contributed by atoms with Gasteiger partial charge >= 0.3 is 0 Å². The summed E-state index contributed by atoms with van der Waals surface area (Å²) in [6.07, 6.45) is 1.59. The molecule has 28 heavy (non-hydrogen) atoms. The Labute approximate surface area is 161 Å². The van der Waals surface area contributed by atoms with Crippen molar-refractivity contribution in [3.63, 3.8) is 0 Å². The number of nitrogens with zero attached hydrogens (tertiary/aromatic N) is 2. The van der Waals surface area contributed by atoms with Crippen LogP contribution in [0.4, 0.5) is 0 Å². The number of carbonyl (C=O) groups is 1. The second kappa shape index (κ2) is 7.52. The molecule has 140 valence electrons. The van der Waals surface area contributed by atoms with E-state index < -0.39 is 0 Å². The van der Waals surface area contributed by atoms with Crippen LogP contribution < -0.4 is 15.6 Å². The third kappa shape index (κ3) is 3.32. The molecule has 0 saturated carbocycles. The van der Waals surface area contributed by atoms with E-state index >= 15 is 0 Å². The third-order valence-corrected chi connectivity index (χ3v) is 4.74. The summed E-state index contributed by atoms with van der Waals surface area (Å²) in [7, 11) is 1.61. The molecular formula is C22H19N3O3.